The third-order valence-corrected chi connectivity index (χ3v) is 7.05. The maximum Gasteiger partial charge on any atom is 0.227 e. The number of hydrogen-bond donors (Lipinski definition) is 0. The largest absolute Gasteiger partial charge is 0.494 e. The number of rotatable bonds is 8. The van der Waals surface area contributed by atoms with Crippen molar-refractivity contribution in [2.75, 3.05) is 18.1 Å². The standard InChI is InChI=1S/C28H28BrN3O2/c1-20-12-14-22(15-13-20)34-17-7-6-16-31-26-11-5-3-9-24(26)30-28(31)21-18-27(33)32(19-21)25-10-4-2-8-23(25)29/h2-5,8-15,21H,6-7,16-19H2,1H3. The molecule has 1 atom stereocenters. The van der Waals surface area contributed by atoms with Gasteiger partial charge in [0.1, 0.15) is 11.6 Å². The van der Waals surface area contributed by atoms with Crippen molar-refractivity contribution in [2.45, 2.75) is 38.6 Å². The van der Waals surface area contributed by atoms with Crippen LogP contribution in [0.1, 0.15) is 36.6 Å². The Morgan fingerprint density at radius 1 is 1.00 bits per heavy atom. The van der Waals surface area contributed by atoms with Gasteiger partial charge in [0.05, 0.1) is 23.3 Å². The highest BCUT2D eigenvalue weighted by molar-refractivity contribution is 9.10. The molecule has 1 aliphatic heterocycles. The number of aryl methyl sites for hydroxylation is 2. The first-order valence-corrected chi connectivity index (χ1v) is 12.6. The number of fused-ring (bicyclic) bond motifs is 1. The lowest BCUT2D eigenvalue weighted by atomic mass is 10.1. The van der Waals surface area contributed by atoms with Gasteiger partial charge >= 0.3 is 0 Å². The lowest BCUT2D eigenvalue weighted by molar-refractivity contribution is -0.117. The van der Waals surface area contributed by atoms with Crippen LogP contribution in [0.15, 0.2) is 77.3 Å². The normalized spacial score (nSPS) is 15.9. The van der Waals surface area contributed by atoms with E-state index < -0.39 is 0 Å². The Balaban J connectivity index is 1.30. The van der Waals surface area contributed by atoms with E-state index in [0.29, 0.717) is 19.6 Å². The van der Waals surface area contributed by atoms with Crippen LogP contribution in [0.5, 0.6) is 5.75 Å². The molecule has 1 aliphatic rings. The summed E-state index contributed by atoms with van der Waals surface area (Å²) >= 11 is 3.60. The average Bonchev–Trinajstić information content (AvgIpc) is 3.41. The number of anilines is 1. The Kier molecular flexibility index (Phi) is 6.68. The second kappa shape index (κ2) is 10.0. The highest BCUT2D eigenvalue weighted by Crippen LogP contribution is 2.36. The number of imidazole rings is 1. The maximum absolute atomic E-state index is 12.9. The zero-order chi connectivity index (χ0) is 23.5. The first-order chi connectivity index (χ1) is 16.6. The fourth-order valence-electron chi connectivity index (χ4n) is 4.62. The van der Waals surface area contributed by atoms with E-state index in [1.54, 1.807) is 0 Å². The van der Waals surface area contributed by atoms with Crippen LogP contribution in [-0.4, -0.2) is 28.6 Å². The van der Waals surface area contributed by atoms with Crippen molar-refractivity contribution in [1.82, 2.24) is 9.55 Å². The zero-order valence-electron chi connectivity index (χ0n) is 19.3. The Labute approximate surface area is 208 Å². The summed E-state index contributed by atoms with van der Waals surface area (Å²) in [6, 6.07) is 24.3. The van der Waals surface area contributed by atoms with Crippen LogP contribution in [0, 0.1) is 6.92 Å². The van der Waals surface area contributed by atoms with Crippen molar-refractivity contribution in [3.63, 3.8) is 0 Å². The lowest BCUT2D eigenvalue weighted by Gasteiger charge is -2.18. The Morgan fingerprint density at radius 2 is 1.76 bits per heavy atom. The van der Waals surface area contributed by atoms with Crippen molar-refractivity contribution in [1.29, 1.82) is 0 Å². The lowest BCUT2D eigenvalue weighted by Crippen LogP contribution is -2.25. The molecule has 3 aromatic carbocycles. The van der Waals surface area contributed by atoms with Crippen LogP contribution in [-0.2, 0) is 11.3 Å². The van der Waals surface area contributed by atoms with E-state index in [-0.39, 0.29) is 11.8 Å². The van der Waals surface area contributed by atoms with Gasteiger partial charge in [-0.2, -0.15) is 0 Å². The number of amides is 1. The molecule has 174 valence electrons. The quantitative estimate of drug-likeness (QED) is 0.251. The fourth-order valence-corrected chi connectivity index (χ4v) is 5.12. The molecule has 1 aromatic heterocycles. The van der Waals surface area contributed by atoms with Crippen LogP contribution < -0.4 is 9.64 Å². The summed E-state index contributed by atoms with van der Waals surface area (Å²) in [6.45, 7) is 4.25. The number of carbonyl (C=O) groups is 1. The monoisotopic (exact) mass is 517 g/mol. The molecule has 0 aliphatic carbocycles. The first-order valence-electron chi connectivity index (χ1n) is 11.8. The summed E-state index contributed by atoms with van der Waals surface area (Å²) in [5.74, 6) is 2.12. The molecule has 6 heteroatoms. The van der Waals surface area contributed by atoms with E-state index in [9.17, 15) is 4.79 Å². The topological polar surface area (TPSA) is 47.4 Å². The van der Waals surface area contributed by atoms with Gasteiger partial charge in [-0.05, 0) is 72.1 Å². The molecule has 0 bridgehead atoms. The molecule has 34 heavy (non-hydrogen) atoms. The third-order valence-electron chi connectivity index (χ3n) is 6.38. The molecular weight excluding hydrogens is 490 g/mol. The molecule has 0 N–H and O–H groups in total. The maximum atomic E-state index is 12.9. The van der Waals surface area contributed by atoms with Crippen molar-refractivity contribution in [3.05, 3.63) is 88.7 Å². The summed E-state index contributed by atoms with van der Waals surface area (Å²) in [4.78, 5) is 19.8. The van der Waals surface area contributed by atoms with Gasteiger partial charge in [-0.3, -0.25) is 4.79 Å². The van der Waals surface area contributed by atoms with Crippen molar-refractivity contribution in [2.24, 2.45) is 0 Å². The van der Waals surface area contributed by atoms with Gasteiger partial charge in [0, 0.05) is 29.9 Å². The second-order valence-corrected chi connectivity index (χ2v) is 9.69. The number of carbonyl (C=O) groups excluding carboxylic acids is 1. The van der Waals surface area contributed by atoms with E-state index in [4.69, 9.17) is 9.72 Å². The number of aromatic nitrogens is 2. The Hall–Kier alpha value is -3.12. The second-order valence-electron chi connectivity index (χ2n) is 8.84. The highest BCUT2D eigenvalue weighted by atomic mass is 79.9. The van der Waals surface area contributed by atoms with E-state index >= 15 is 0 Å². The number of unbranched alkanes of at least 4 members (excludes halogenated alkanes) is 1. The van der Waals surface area contributed by atoms with Crippen LogP contribution in [0.25, 0.3) is 11.0 Å². The minimum Gasteiger partial charge on any atom is -0.494 e. The highest BCUT2D eigenvalue weighted by Gasteiger charge is 2.35. The van der Waals surface area contributed by atoms with Gasteiger partial charge in [0.2, 0.25) is 5.91 Å². The molecule has 4 aromatic rings. The predicted molar refractivity (Wildman–Crippen MR) is 139 cm³/mol. The van der Waals surface area contributed by atoms with Crippen LogP contribution in [0.3, 0.4) is 0 Å². The average molecular weight is 518 g/mol. The minimum absolute atomic E-state index is 0.0656. The summed E-state index contributed by atoms with van der Waals surface area (Å²) in [5.41, 5.74) is 4.27. The van der Waals surface area contributed by atoms with Gasteiger partial charge in [-0.15, -0.1) is 0 Å². The first kappa shape index (κ1) is 22.7. The van der Waals surface area contributed by atoms with Gasteiger partial charge in [0.15, 0.2) is 0 Å². The summed E-state index contributed by atoms with van der Waals surface area (Å²) < 4.78 is 9.15. The smallest absolute Gasteiger partial charge is 0.227 e. The Bertz CT molecular complexity index is 1300. The molecule has 0 radical (unpaired) electrons. The van der Waals surface area contributed by atoms with E-state index in [0.717, 1.165) is 52.2 Å². The molecule has 0 saturated carbocycles. The number of hydrogen-bond acceptors (Lipinski definition) is 3. The molecule has 2 heterocycles. The zero-order valence-corrected chi connectivity index (χ0v) is 20.9. The van der Waals surface area contributed by atoms with Gasteiger partial charge in [-0.25, -0.2) is 4.98 Å². The summed E-state index contributed by atoms with van der Waals surface area (Å²) in [5, 5.41) is 0. The number of para-hydroxylation sites is 3. The summed E-state index contributed by atoms with van der Waals surface area (Å²) in [7, 11) is 0. The molecule has 0 spiro atoms. The molecular formula is C28H28BrN3O2. The van der Waals surface area contributed by atoms with Gasteiger partial charge in [-0.1, -0.05) is 42.0 Å². The van der Waals surface area contributed by atoms with E-state index in [1.807, 2.05) is 47.4 Å². The number of nitrogens with zero attached hydrogens (tertiary/aromatic N) is 3. The van der Waals surface area contributed by atoms with Crippen LogP contribution in [0.4, 0.5) is 5.69 Å². The van der Waals surface area contributed by atoms with Crippen molar-refractivity contribution >= 4 is 38.6 Å². The number of benzene rings is 3. The van der Waals surface area contributed by atoms with E-state index in [2.05, 4.69) is 57.8 Å². The summed E-state index contributed by atoms with van der Waals surface area (Å²) in [6.07, 6.45) is 2.40. The van der Waals surface area contributed by atoms with Gasteiger partial charge in [0.25, 0.3) is 0 Å². The number of halogens is 1. The molecule has 5 nitrogen and oxygen atoms in total. The molecule has 1 unspecified atom stereocenters. The molecule has 1 saturated heterocycles. The fraction of sp³-hybridized carbons (Fsp3) is 0.286. The molecule has 1 fully saturated rings. The molecule has 1 amide bonds. The minimum atomic E-state index is 0.0656. The SMILES string of the molecule is Cc1ccc(OCCCCn2c(C3CC(=O)N(c4ccccc4Br)C3)nc3ccccc32)cc1. The van der Waals surface area contributed by atoms with Crippen molar-refractivity contribution in [3.8, 4) is 5.75 Å². The Morgan fingerprint density at radius 3 is 2.59 bits per heavy atom. The molecule has 5 rings (SSSR count). The van der Waals surface area contributed by atoms with Gasteiger partial charge < -0.3 is 14.2 Å². The number of ether oxygens (including phenoxy) is 1. The van der Waals surface area contributed by atoms with Crippen LogP contribution >= 0.6 is 15.9 Å². The van der Waals surface area contributed by atoms with Crippen LogP contribution in [0.2, 0.25) is 0 Å². The van der Waals surface area contributed by atoms with Crippen molar-refractivity contribution < 1.29 is 9.53 Å². The van der Waals surface area contributed by atoms with E-state index in [1.165, 1.54) is 5.56 Å². The predicted octanol–water partition coefficient (Wildman–Crippen LogP) is 6.49. The third kappa shape index (κ3) is 4.73.